The number of methoxy groups -OCH3 is 4. The van der Waals surface area contributed by atoms with Crippen LogP contribution in [0, 0.1) is 0 Å². The van der Waals surface area contributed by atoms with E-state index in [1.807, 2.05) is 97.1 Å². The Morgan fingerprint density at radius 3 is 1.24 bits per heavy atom. The Kier molecular flexibility index (Phi) is 15.4. The van der Waals surface area contributed by atoms with E-state index >= 15 is 0 Å². The zero-order valence-corrected chi connectivity index (χ0v) is 29.3. The van der Waals surface area contributed by atoms with Crippen LogP contribution in [0.2, 0.25) is 0 Å². The van der Waals surface area contributed by atoms with Gasteiger partial charge in [-0.1, -0.05) is 61.2 Å². The summed E-state index contributed by atoms with van der Waals surface area (Å²) < 4.78 is 47.1. The zero-order chi connectivity index (χ0) is 35.7. The van der Waals surface area contributed by atoms with E-state index < -0.39 is 24.4 Å². The van der Waals surface area contributed by atoms with Gasteiger partial charge in [-0.3, -0.25) is 0 Å². The monoisotopic (exact) mass is 684 g/mol. The molecule has 0 fully saturated rings. The first-order chi connectivity index (χ1) is 24.4. The number of ether oxygens (including phenoxy) is 8. The van der Waals surface area contributed by atoms with Crippen LogP contribution in [0.1, 0.15) is 22.3 Å². The highest BCUT2D eigenvalue weighted by atomic mass is 16.6. The van der Waals surface area contributed by atoms with Crippen LogP contribution in [0.5, 0.6) is 23.0 Å². The summed E-state index contributed by atoms with van der Waals surface area (Å²) in [4.78, 5) is 0. The van der Waals surface area contributed by atoms with E-state index in [0.717, 1.165) is 45.3 Å². The molecule has 9 nitrogen and oxygen atoms in total. The third-order valence-electron chi connectivity index (χ3n) is 8.11. The summed E-state index contributed by atoms with van der Waals surface area (Å²) >= 11 is 0. The lowest BCUT2D eigenvalue weighted by Gasteiger charge is -2.36. The second-order valence-corrected chi connectivity index (χ2v) is 11.6. The quantitative estimate of drug-likeness (QED) is 0.0871. The average Bonchev–Trinajstić information content (AvgIpc) is 3.17. The largest absolute Gasteiger partial charge is 0.497 e. The second kappa shape index (κ2) is 20.1. The van der Waals surface area contributed by atoms with Gasteiger partial charge >= 0.3 is 0 Å². The Morgan fingerprint density at radius 2 is 0.880 bits per heavy atom. The van der Waals surface area contributed by atoms with E-state index in [0.29, 0.717) is 12.2 Å². The molecule has 4 aromatic carbocycles. The molecule has 0 aromatic heterocycles. The molecule has 0 aliphatic carbocycles. The van der Waals surface area contributed by atoms with Crippen molar-refractivity contribution in [1.29, 1.82) is 0 Å². The lowest BCUT2D eigenvalue weighted by Crippen LogP contribution is -2.49. The van der Waals surface area contributed by atoms with Gasteiger partial charge in [0.1, 0.15) is 47.4 Å². The molecule has 9 heteroatoms. The molecule has 0 saturated carbocycles. The van der Waals surface area contributed by atoms with Crippen molar-refractivity contribution in [3.63, 3.8) is 0 Å². The smallest absolute Gasteiger partial charge is 0.118 e. The number of aliphatic hydroxyl groups is 1. The topological polar surface area (TPSA) is 94.1 Å². The van der Waals surface area contributed by atoms with E-state index in [4.69, 9.17) is 37.9 Å². The second-order valence-electron chi connectivity index (χ2n) is 11.6. The van der Waals surface area contributed by atoms with E-state index in [2.05, 4.69) is 13.2 Å². The van der Waals surface area contributed by atoms with Crippen LogP contribution < -0.4 is 18.9 Å². The molecule has 0 saturated heterocycles. The van der Waals surface area contributed by atoms with Crippen LogP contribution in [-0.2, 0) is 45.4 Å². The van der Waals surface area contributed by atoms with Crippen LogP contribution in [0.3, 0.4) is 0 Å². The van der Waals surface area contributed by atoms with Crippen molar-refractivity contribution in [2.24, 2.45) is 0 Å². The van der Waals surface area contributed by atoms with Crippen molar-refractivity contribution in [2.75, 3.05) is 35.0 Å². The first-order valence-electron chi connectivity index (χ1n) is 16.3. The van der Waals surface area contributed by atoms with Gasteiger partial charge in [-0.2, -0.15) is 0 Å². The normalized spacial score (nSPS) is 13.5. The third-order valence-corrected chi connectivity index (χ3v) is 8.11. The van der Waals surface area contributed by atoms with Crippen LogP contribution in [-0.4, -0.2) is 64.6 Å². The van der Waals surface area contributed by atoms with Crippen LogP contribution in [0.15, 0.2) is 122 Å². The Morgan fingerprint density at radius 1 is 0.540 bits per heavy atom. The van der Waals surface area contributed by atoms with E-state index in [-0.39, 0.29) is 26.4 Å². The predicted molar refractivity (Wildman–Crippen MR) is 193 cm³/mol. The Bertz CT molecular complexity index is 1570. The fraction of sp³-hybridized carbons (Fsp3) is 0.317. The van der Waals surface area contributed by atoms with Gasteiger partial charge in [0.15, 0.2) is 0 Å². The fourth-order valence-corrected chi connectivity index (χ4v) is 5.16. The molecular weight excluding hydrogens is 636 g/mol. The van der Waals surface area contributed by atoms with Gasteiger partial charge in [0.25, 0.3) is 0 Å². The van der Waals surface area contributed by atoms with Crippen molar-refractivity contribution in [1.82, 2.24) is 0 Å². The van der Waals surface area contributed by atoms with Gasteiger partial charge in [-0.05, 0) is 76.4 Å². The Labute approximate surface area is 295 Å². The van der Waals surface area contributed by atoms with Crippen molar-refractivity contribution in [3.05, 3.63) is 144 Å². The summed E-state index contributed by atoms with van der Waals surface area (Å²) in [5.74, 6) is 2.97. The molecule has 0 unspecified atom stereocenters. The van der Waals surface area contributed by atoms with Gasteiger partial charge in [-0.15, -0.1) is 6.58 Å². The summed E-state index contributed by atoms with van der Waals surface area (Å²) in [5, 5.41) is 11.4. The van der Waals surface area contributed by atoms with Gasteiger partial charge in [0, 0.05) is 0 Å². The SMILES string of the molecule is C=C[C@H](O)[C@H](OCc1ccc(OC)cc1)[C@@H](OCc1ccc(OC)cc1)[C@@H](OCc1ccc(OC)cc1)C(=C)COCc1ccc(OC)cc1. The molecule has 4 aromatic rings. The summed E-state index contributed by atoms with van der Waals surface area (Å²) in [7, 11) is 6.49. The molecule has 1 N–H and O–H groups in total. The first kappa shape index (κ1) is 38.2. The molecule has 4 rings (SSSR count). The number of hydrogen-bond acceptors (Lipinski definition) is 9. The molecular formula is C41H48O9. The highest BCUT2D eigenvalue weighted by molar-refractivity contribution is 5.29. The maximum Gasteiger partial charge on any atom is 0.118 e. The lowest BCUT2D eigenvalue weighted by atomic mass is 9.97. The van der Waals surface area contributed by atoms with Crippen molar-refractivity contribution in [3.8, 4) is 23.0 Å². The van der Waals surface area contributed by atoms with Gasteiger partial charge in [0.2, 0.25) is 0 Å². The van der Waals surface area contributed by atoms with E-state index in [9.17, 15) is 5.11 Å². The molecule has 50 heavy (non-hydrogen) atoms. The number of hydrogen-bond donors (Lipinski definition) is 1. The van der Waals surface area contributed by atoms with E-state index in [1.54, 1.807) is 28.4 Å². The summed E-state index contributed by atoms with van der Waals surface area (Å²) in [6.45, 7) is 9.38. The molecule has 0 bridgehead atoms. The van der Waals surface area contributed by atoms with Gasteiger partial charge < -0.3 is 43.0 Å². The number of aliphatic hydroxyl groups excluding tert-OH is 1. The maximum atomic E-state index is 11.4. The predicted octanol–water partition coefficient (Wildman–Crippen LogP) is 7.10. The standard InChI is InChI=1S/C41H48O9/c1-7-38(42)40(49-27-32-12-20-36(45-5)21-13-32)41(50-28-33-14-22-37(46-6)23-15-33)39(48-26-31-10-18-35(44-4)19-11-31)29(2)24-47-25-30-8-16-34(43-3)17-9-30/h7-23,38-42H,1-2,24-28H2,3-6H3/t38-,39-,40-,41-/m0/s1. The van der Waals surface area contributed by atoms with Gasteiger partial charge in [0.05, 0.1) is 61.5 Å². The Balaban J connectivity index is 1.63. The lowest BCUT2D eigenvalue weighted by molar-refractivity contribution is -0.165. The minimum Gasteiger partial charge on any atom is -0.497 e. The first-order valence-corrected chi connectivity index (χ1v) is 16.3. The molecule has 0 aliphatic rings. The van der Waals surface area contributed by atoms with Crippen LogP contribution >= 0.6 is 0 Å². The average molecular weight is 685 g/mol. The maximum absolute atomic E-state index is 11.4. The molecule has 0 amide bonds. The highest BCUT2D eigenvalue weighted by Crippen LogP contribution is 2.27. The summed E-state index contributed by atoms with van der Waals surface area (Å²) in [6, 6.07) is 30.4. The molecule has 0 heterocycles. The zero-order valence-electron chi connectivity index (χ0n) is 29.3. The summed E-state index contributed by atoms with van der Waals surface area (Å²) in [6.07, 6.45) is -2.16. The third kappa shape index (κ3) is 11.5. The van der Waals surface area contributed by atoms with E-state index in [1.165, 1.54) is 6.08 Å². The summed E-state index contributed by atoms with van der Waals surface area (Å²) in [5.41, 5.74) is 4.29. The minimum absolute atomic E-state index is 0.164. The molecule has 0 aliphatic heterocycles. The molecule has 266 valence electrons. The molecule has 0 radical (unpaired) electrons. The fourth-order valence-electron chi connectivity index (χ4n) is 5.16. The molecule has 4 atom stereocenters. The van der Waals surface area contributed by atoms with Gasteiger partial charge in [-0.25, -0.2) is 0 Å². The van der Waals surface area contributed by atoms with Crippen LogP contribution in [0.25, 0.3) is 0 Å². The number of benzene rings is 4. The van der Waals surface area contributed by atoms with Crippen molar-refractivity contribution >= 4 is 0 Å². The highest BCUT2D eigenvalue weighted by Gasteiger charge is 2.37. The van der Waals surface area contributed by atoms with Crippen molar-refractivity contribution < 1.29 is 43.0 Å². The minimum atomic E-state index is -1.10. The van der Waals surface area contributed by atoms with Crippen molar-refractivity contribution in [2.45, 2.75) is 50.8 Å². The molecule has 0 spiro atoms. The number of rotatable bonds is 22. The van der Waals surface area contributed by atoms with Crippen LogP contribution in [0.4, 0.5) is 0 Å². The Hall–Kier alpha value is -4.64.